The molecule has 0 fully saturated rings. The van der Waals surface area contributed by atoms with Gasteiger partial charge in [-0.3, -0.25) is 20.4 Å². The molecule has 1 aromatic carbocycles. The quantitative estimate of drug-likeness (QED) is 0.561. The Labute approximate surface area is 154 Å². The van der Waals surface area contributed by atoms with Crippen molar-refractivity contribution >= 4 is 21.8 Å². The highest BCUT2D eigenvalue weighted by Crippen LogP contribution is 2.23. The van der Waals surface area contributed by atoms with Crippen LogP contribution >= 0.6 is 0 Å². The van der Waals surface area contributed by atoms with Crippen LogP contribution in [0.1, 0.15) is 26.7 Å². The first kappa shape index (κ1) is 22.7. The topological polar surface area (TPSA) is 114 Å². The number of nitrogens with one attached hydrogen (secondary N) is 3. The van der Waals surface area contributed by atoms with Gasteiger partial charge in [0.25, 0.3) is 0 Å². The summed E-state index contributed by atoms with van der Waals surface area (Å²) in [5.74, 6) is -1.43. The summed E-state index contributed by atoms with van der Waals surface area (Å²) in [4.78, 5) is 22.6. The van der Waals surface area contributed by atoms with E-state index >= 15 is 0 Å². The normalized spacial score (nSPS) is 11.9. The fraction of sp³-hybridized carbons (Fsp3) is 0.467. The van der Waals surface area contributed by atoms with Crippen LogP contribution in [-0.2, 0) is 19.6 Å². The standard InChI is InChI=1S/C15H20F3N3O5S/c1-10(2)9-14(23)21-20-13(22)7-8-19-27(24,25)12-5-3-11(4-6-12)26-15(16,17)18/h3-6,10,19H,7-9H2,1-2H3,(H,20,22)(H,21,23). The van der Waals surface area contributed by atoms with Gasteiger partial charge < -0.3 is 4.74 Å². The molecule has 1 aromatic rings. The molecular formula is C15H20F3N3O5S. The molecule has 0 saturated carbocycles. The van der Waals surface area contributed by atoms with Crippen LogP contribution < -0.4 is 20.3 Å². The number of carbonyl (C=O) groups excluding carboxylic acids is 2. The molecule has 0 unspecified atom stereocenters. The Kier molecular flexibility index (Phi) is 8.03. The average molecular weight is 411 g/mol. The van der Waals surface area contributed by atoms with Crippen molar-refractivity contribution in [3.05, 3.63) is 24.3 Å². The fourth-order valence-corrected chi connectivity index (χ4v) is 2.86. The zero-order chi connectivity index (χ0) is 20.7. The molecule has 0 radical (unpaired) electrons. The summed E-state index contributed by atoms with van der Waals surface area (Å²) in [5.41, 5.74) is 4.34. The summed E-state index contributed by atoms with van der Waals surface area (Å²) >= 11 is 0. The second-order valence-corrected chi connectivity index (χ2v) is 7.63. The summed E-state index contributed by atoms with van der Waals surface area (Å²) in [6.45, 7) is 3.39. The molecule has 8 nitrogen and oxygen atoms in total. The Morgan fingerprint density at radius 1 is 1.07 bits per heavy atom. The molecule has 2 amide bonds. The van der Waals surface area contributed by atoms with Gasteiger partial charge in [0, 0.05) is 19.4 Å². The average Bonchev–Trinajstić information content (AvgIpc) is 2.51. The van der Waals surface area contributed by atoms with Gasteiger partial charge in [-0.05, 0) is 30.2 Å². The highest BCUT2D eigenvalue weighted by atomic mass is 32.2. The number of sulfonamides is 1. The first-order valence-electron chi connectivity index (χ1n) is 7.82. The van der Waals surface area contributed by atoms with Gasteiger partial charge in [-0.1, -0.05) is 13.8 Å². The minimum Gasteiger partial charge on any atom is -0.406 e. The highest BCUT2D eigenvalue weighted by Gasteiger charge is 2.31. The molecule has 0 aliphatic heterocycles. The largest absolute Gasteiger partial charge is 0.573 e. The maximum Gasteiger partial charge on any atom is 0.573 e. The predicted octanol–water partition coefficient (Wildman–Crippen LogP) is 1.45. The molecule has 27 heavy (non-hydrogen) atoms. The number of ether oxygens (including phenoxy) is 1. The van der Waals surface area contributed by atoms with Crippen LogP contribution in [0.25, 0.3) is 0 Å². The number of hydrogen-bond donors (Lipinski definition) is 3. The van der Waals surface area contributed by atoms with Crippen molar-refractivity contribution in [2.75, 3.05) is 6.54 Å². The van der Waals surface area contributed by atoms with Crippen LogP contribution in [0.2, 0.25) is 0 Å². The van der Waals surface area contributed by atoms with Gasteiger partial charge in [-0.2, -0.15) is 0 Å². The molecule has 0 aliphatic rings. The summed E-state index contributed by atoms with van der Waals surface area (Å²) in [7, 11) is -4.02. The zero-order valence-electron chi connectivity index (χ0n) is 14.6. The van der Waals surface area contributed by atoms with Crippen LogP contribution in [0.4, 0.5) is 13.2 Å². The van der Waals surface area contributed by atoms with Crippen molar-refractivity contribution in [1.82, 2.24) is 15.6 Å². The lowest BCUT2D eigenvalue weighted by Gasteiger charge is -2.11. The van der Waals surface area contributed by atoms with E-state index in [1.807, 2.05) is 13.8 Å². The summed E-state index contributed by atoms with van der Waals surface area (Å²) in [5, 5.41) is 0. The second-order valence-electron chi connectivity index (χ2n) is 5.86. The van der Waals surface area contributed by atoms with Crippen LogP contribution in [0.15, 0.2) is 29.2 Å². The van der Waals surface area contributed by atoms with Gasteiger partial charge >= 0.3 is 6.36 Å². The first-order valence-corrected chi connectivity index (χ1v) is 9.30. The van der Waals surface area contributed by atoms with Gasteiger partial charge in [-0.25, -0.2) is 13.1 Å². The van der Waals surface area contributed by atoms with Gasteiger partial charge in [0.1, 0.15) is 5.75 Å². The number of hydrazine groups is 1. The van der Waals surface area contributed by atoms with Gasteiger partial charge in [-0.15, -0.1) is 13.2 Å². The molecule has 0 saturated heterocycles. The zero-order valence-corrected chi connectivity index (χ0v) is 15.4. The fourth-order valence-electron chi connectivity index (χ4n) is 1.83. The lowest BCUT2D eigenvalue weighted by Crippen LogP contribution is -2.43. The van der Waals surface area contributed by atoms with Crippen molar-refractivity contribution < 1.29 is 35.9 Å². The van der Waals surface area contributed by atoms with Crippen LogP contribution in [0.3, 0.4) is 0 Å². The van der Waals surface area contributed by atoms with E-state index in [9.17, 15) is 31.2 Å². The molecule has 0 heterocycles. The van der Waals surface area contributed by atoms with Crippen molar-refractivity contribution in [2.24, 2.45) is 5.92 Å². The lowest BCUT2D eigenvalue weighted by atomic mass is 10.1. The molecule has 0 spiro atoms. The summed E-state index contributed by atoms with van der Waals surface area (Å²) < 4.78 is 66.1. The Balaban J connectivity index is 2.47. The third kappa shape index (κ3) is 9.24. The lowest BCUT2D eigenvalue weighted by molar-refractivity contribution is -0.274. The summed E-state index contributed by atoms with van der Waals surface area (Å²) in [6.07, 6.45) is -4.91. The highest BCUT2D eigenvalue weighted by molar-refractivity contribution is 7.89. The molecule has 0 aromatic heterocycles. The smallest absolute Gasteiger partial charge is 0.406 e. The van der Waals surface area contributed by atoms with E-state index < -0.39 is 28.0 Å². The number of halogens is 3. The number of carbonyl (C=O) groups is 2. The second kappa shape index (κ2) is 9.55. The SMILES string of the molecule is CC(C)CC(=O)NNC(=O)CCNS(=O)(=O)c1ccc(OC(F)(F)F)cc1. The molecule has 0 bridgehead atoms. The van der Waals surface area contributed by atoms with E-state index in [0.717, 1.165) is 24.3 Å². The van der Waals surface area contributed by atoms with E-state index in [1.54, 1.807) is 0 Å². The molecule has 0 atom stereocenters. The Morgan fingerprint density at radius 2 is 1.63 bits per heavy atom. The third-order valence-electron chi connectivity index (χ3n) is 2.95. The number of rotatable bonds is 8. The Bertz CT molecular complexity index is 749. The van der Waals surface area contributed by atoms with E-state index in [0.29, 0.717) is 0 Å². The molecular weight excluding hydrogens is 391 g/mol. The van der Waals surface area contributed by atoms with Crippen LogP contribution in [0, 0.1) is 5.92 Å². The summed E-state index contributed by atoms with van der Waals surface area (Å²) in [6, 6.07) is 3.60. The third-order valence-corrected chi connectivity index (χ3v) is 4.42. The molecule has 1 rings (SSSR count). The van der Waals surface area contributed by atoms with Gasteiger partial charge in [0.15, 0.2) is 0 Å². The van der Waals surface area contributed by atoms with Crippen molar-refractivity contribution in [3.63, 3.8) is 0 Å². The van der Waals surface area contributed by atoms with Gasteiger partial charge in [0.2, 0.25) is 21.8 Å². The number of amides is 2. The first-order chi connectivity index (χ1) is 12.4. The van der Waals surface area contributed by atoms with E-state index in [2.05, 4.69) is 20.3 Å². The van der Waals surface area contributed by atoms with Crippen molar-refractivity contribution in [2.45, 2.75) is 37.9 Å². The predicted molar refractivity (Wildman–Crippen MR) is 88.7 cm³/mol. The monoisotopic (exact) mass is 411 g/mol. The van der Waals surface area contributed by atoms with Crippen molar-refractivity contribution in [1.29, 1.82) is 0 Å². The van der Waals surface area contributed by atoms with Gasteiger partial charge in [0.05, 0.1) is 4.90 Å². The van der Waals surface area contributed by atoms with E-state index in [1.165, 1.54) is 0 Å². The van der Waals surface area contributed by atoms with E-state index in [4.69, 9.17) is 0 Å². The van der Waals surface area contributed by atoms with Crippen LogP contribution in [-0.4, -0.2) is 33.1 Å². The number of alkyl halides is 3. The Hall–Kier alpha value is -2.34. The maximum absolute atomic E-state index is 12.1. The molecule has 152 valence electrons. The minimum absolute atomic E-state index is 0.113. The molecule has 12 heteroatoms. The minimum atomic E-state index is -4.88. The van der Waals surface area contributed by atoms with Crippen LogP contribution in [0.5, 0.6) is 5.75 Å². The molecule has 0 aliphatic carbocycles. The number of hydrogen-bond acceptors (Lipinski definition) is 5. The number of benzene rings is 1. The Morgan fingerprint density at radius 3 is 2.15 bits per heavy atom. The maximum atomic E-state index is 12.1. The van der Waals surface area contributed by atoms with E-state index in [-0.39, 0.29) is 36.1 Å². The van der Waals surface area contributed by atoms with Crippen molar-refractivity contribution in [3.8, 4) is 5.75 Å². The molecule has 3 N–H and O–H groups in total.